The van der Waals surface area contributed by atoms with Crippen molar-refractivity contribution in [1.29, 1.82) is 5.26 Å². The van der Waals surface area contributed by atoms with Crippen molar-refractivity contribution in [2.45, 2.75) is 38.9 Å². The molecule has 0 saturated carbocycles. The van der Waals surface area contributed by atoms with Crippen molar-refractivity contribution in [3.05, 3.63) is 46.4 Å². The van der Waals surface area contributed by atoms with Crippen LogP contribution in [0.3, 0.4) is 0 Å². The number of benzene rings is 1. The van der Waals surface area contributed by atoms with Gasteiger partial charge in [-0.15, -0.1) is 0 Å². The zero-order chi connectivity index (χ0) is 25.1. The third-order valence-electron chi connectivity index (χ3n) is 7.53. The van der Waals surface area contributed by atoms with Crippen LogP contribution in [0.25, 0.3) is 21.3 Å². The number of hydrogen-bond acceptors (Lipinski definition) is 7. The van der Waals surface area contributed by atoms with Crippen molar-refractivity contribution >= 4 is 38.4 Å². The van der Waals surface area contributed by atoms with E-state index in [0.29, 0.717) is 21.9 Å². The van der Waals surface area contributed by atoms with Gasteiger partial charge >= 0.3 is 6.18 Å². The highest BCUT2D eigenvalue weighted by Crippen LogP contribution is 2.43. The van der Waals surface area contributed by atoms with E-state index in [1.165, 1.54) is 17.5 Å². The predicted octanol–water partition coefficient (Wildman–Crippen LogP) is 4.95. The summed E-state index contributed by atoms with van der Waals surface area (Å²) in [5.41, 5.74) is 4.61. The first-order chi connectivity index (χ1) is 17.2. The fourth-order valence-corrected chi connectivity index (χ4v) is 6.67. The molecule has 2 fully saturated rings. The lowest BCUT2D eigenvalue weighted by Crippen LogP contribution is -2.31. The van der Waals surface area contributed by atoms with Gasteiger partial charge in [-0.2, -0.15) is 18.4 Å². The number of thiazole rings is 1. The fourth-order valence-electron chi connectivity index (χ4n) is 5.74. The van der Waals surface area contributed by atoms with Crippen molar-refractivity contribution in [3.8, 4) is 6.07 Å². The maximum Gasteiger partial charge on any atom is 0.395 e. The van der Waals surface area contributed by atoms with Gasteiger partial charge in [0.25, 0.3) is 0 Å². The number of nitrogens with zero attached hydrogens (tertiary/aromatic N) is 6. The second-order valence-electron chi connectivity index (χ2n) is 9.99. The number of halogens is 3. The molecule has 11 heteroatoms. The third kappa shape index (κ3) is 4.18. The molecule has 6 rings (SSSR count). The summed E-state index contributed by atoms with van der Waals surface area (Å²) in [6, 6.07) is 8.27. The quantitative estimate of drug-likeness (QED) is 0.417. The van der Waals surface area contributed by atoms with E-state index in [-0.39, 0.29) is 10.4 Å². The Hall–Kier alpha value is -3.23. The monoisotopic (exact) mass is 511 g/mol. The average Bonchev–Trinajstić information content (AvgIpc) is 3.60. The van der Waals surface area contributed by atoms with Crippen molar-refractivity contribution in [1.82, 2.24) is 24.8 Å². The maximum atomic E-state index is 12.9. The lowest BCUT2D eigenvalue weighted by molar-refractivity contribution is -0.127. The highest BCUT2D eigenvalue weighted by molar-refractivity contribution is 7.18. The molecule has 1 spiro atoms. The van der Waals surface area contributed by atoms with E-state index in [9.17, 15) is 18.4 Å². The average molecular weight is 512 g/mol. The van der Waals surface area contributed by atoms with Gasteiger partial charge in [0.05, 0.1) is 6.42 Å². The van der Waals surface area contributed by atoms with E-state index in [1.807, 2.05) is 12.1 Å². The van der Waals surface area contributed by atoms with E-state index in [0.717, 1.165) is 67.8 Å². The molecule has 4 aromatic rings. The van der Waals surface area contributed by atoms with Crippen LogP contribution in [0.2, 0.25) is 0 Å². The summed E-state index contributed by atoms with van der Waals surface area (Å²) in [4.78, 5) is 21.2. The molecule has 0 radical (unpaired) electrons. The number of fused-ring (bicyclic) bond motifs is 2. The second kappa shape index (κ2) is 8.42. The Labute approximate surface area is 209 Å². The zero-order valence-electron chi connectivity index (χ0n) is 19.7. The highest BCUT2D eigenvalue weighted by atomic mass is 32.1. The van der Waals surface area contributed by atoms with Crippen LogP contribution in [0, 0.1) is 23.7 Å². The van der Waals surface area contributed by atoms with Crippen molar-refractivity contribution in [2.24, 2.45) is 5.41 Å². The molecular weight excluding hydrogens is 487 g/mol. The number of nitrogens with one attached hydrogen (secondary N) is 1. The van der Waals surface area contributed by atoms with E-state index < -0.39 is 12.6 Å². The summed E-state index contributed by atoms with van der Waals surface area (Å²) < 4.78 is 38.7. The van der Waals surface area contributed by atoms with Crippen LogP contribution < -0.4 is 4.90 Å². The summed E-state index contributed by atoms with van der Waals surface area (Å²) in [5.74, 6) is 0.641. The van der Waals surface area contributed by atoms with Crippen LogP contribution in [-0.4, -0.2) is 57.2 Å². The minimum absolute atomic E-state index is 0.0249. The number of anilines is 1. The summed E-state index contributed by atoms with van der Waals surface area (Å²) in [7, 11) is 0. The molecule has 1 N–H and O–H groups in total. The minimum Gasteiger partial charge on any atom is -0.354 e. The molecule has 7 nitrogen and oxygen atoms in total. The van der Waals surface area contributed by atoms with Gasteiger partial charge in [-0.25, -0.2) is 15.0 Å². The molecule has 0 unspecified atom stereocenters. The van der Waals surface area contributed by atoms with E-state index in [4.69, 9.17) is 0 Å². The number of nitriles is 1. The molecule has 2 aliphatic heterocycles. The minimum atomic E-state index is -4.30. The van der Waals surface area contributed by atoms with Crippen LogP contribution in [0.4, 0.5) is 19.0 Å². The largest absolute Gasteiger partial charge is 0.395 e. The summed E-state index contributed by atoms with van der Waals surface area (Å²) >= 11 is 0.990. The number of aromatic nitrogens is 4. The number of rotatable bonds is 4. The van der Waals surface area contributed by atoms with Gasteiger partial charge in [0, 0.05) is 42.5 Å². The Kier molecular flexibility index (Phi) is 5.42. The molecule has 3 aromatic heterocycles. The number of aryl methyl sites for hydroxylation is 1. The lowest BCUT2D eigenvalue weighted by atomic mass is 9.86. The van der Waals surface area contributed by atoms with E-state index in [1.54, 1.807) is 0 Å². The number of alkyl halides is 3. The Bertz CT molecular complexity index is 1500. The maximum absolute atomic E-state index is 12.9. The molecule has 5 heterocycles. The molecule has 2 saturated heterocycles. The topological polar surface area (TPSA) is 84.7 Å². The lowest BCUT2D eigenvalue weighted by Gasteiger charge is -2.25. The van der Waals surface area contributed by atoms with E-state index >= 15 is 0 Å². The first-order valence-electron chi connectivity index (χ1n) is 11.9. The summed E-state index contributed by atoms with van der Waals surface area (Å²) in [5, 5.41) is 10.3. The number of aromatic amines is 1. The summed E-state index contributed by atoms with van der Waals surface area (Å²) in [6.07, 6.45) is -1.84. The Morgan fingerprint density at radius 2 is 2.03 bits per heavy atom. The highest BCUT2D eigenvalue weighted by Gasteiger charge is 2.44. The zero-order valence-corrected chi connectivity index (χ0v) is 20.5. The molecule has 0 amide bonds. The standard InChI is InChI=1S/C25H24F3N7S/c1-15-16(2-3-19-18(15)8-17(10-29)32-19)11-34-6-4-24(12-34)5-7-35(13-24)22-21-23(31-14-30-22)36-20(33-21)9-25(26,27)28/h2-3,8,14,32H,4-7,9,11-13H2,1H3/t24-/m0/s1. The van der Waals surface area contributed by atoms with Crippen molar-refractivity contribution < 1.29 is 13.2 Å². The van der Waals surface area contributed by atoms with E-state index in [2.05, 4.69) is 48.8 Å². The second-order valence-corrected chi connectivity index (χ2v) is 11.1. The number of H-pyrrole nitrogens is 1. The normalized spacial score (nSPS) is 20.8. The fraction of sp³-hybridized carbons (Fsp3) is 0.440. The number of hydrogen-bond donors (Lipinski definition) is 1. The van der Waals surface area contributed by atoms with Crippen LogP contribution >= 0.6 is 11.3 Å². The van der Waals surface area contributed by atoms with Gasteiger partial charge in [-0.3, -0.25) is 4.90 Å². The Morgan fingerprint density at radius 3 is 2.83 bits per heavy atom. The molecule has 186 valence electrons. The van der Waals surface area contributed by atoms with Crippen molar-refractivity contribution in [3.63, 3.8) is 0 Å². The van der Waals surface area contributed by atoms with Gasteiger partial charge in [0.1, 0.15) is 33.4 Å². The molecule has 1 aromatic carbocycles. The number of likely N-dealkylation sites (tertiary alicyclic amines) is 1. The molecule has 2 aliphatic rings. The van der Waals surface area contributed by atoms with Gasteiger partial charge in [-0.05, 0) is 49.6 Å². The SMILES string of the molecule is Cc1c(CN2CC[C@]3(CCN(c4ncnc5sc(CC(F)(F)F)nc45)C3)C2)ccc2[nH]c(C#N)cc12. The van der Waals surface area contributed by atoms with Crippen LogP contribution in [0.1, 0.15) is 34.7 Å². The van der Waals surface area contributed by atoms with Gasteiger partial charge < -0.3 is 9.88 Å². The smallest absolute Gasteiger partial charge is 0.354 e. The van der Waals surface area contributed by atoms with Crippen LogP contribution in [-0.2, 0) is 13.0 Å². The molecule has 0 aliphatic carbocycles. The molecule has 36 heavy (non-hydrogen) atoms. The molecular formula is C25H24F3N7S. The molecule has 1 atom stereocenters. The molecule has 0 bridgehead atoms. The first-order valence-corrected chi connectivity index (χ1v) is 12.7. The van der Waals surface area contributed by atoms with Gasteiger partial charge in [0.2, 0.25) is 0 Å². The first kappa shape index (κ1) is 23.2. The summed E-state index contributed by atoms with van der Waals surface area (Å²) in [6.45, 7) is 6.52. The Morgan fingerprint density at radius 1 is 1.19 bits per heavy atom. The van der Waals surface area contributed by atoms with Gasteiger partial charge in [-0.1, -0.05) is 17.4 Å². The van der Waals surface area contributed by atoms with Crippen molar-refractivity contribution in [2.75, 3.05) is 31.1 Å². The van der Waals surface area contributed by atoms with Crippen LogP contribution in [0.5, 0.6) is 0 Å². The predicted molar refractivity (Wildman–Crippen MR) is 132 cm³/mol. The van der Waals surface area contributed by atoms with Gasteiger partial charge in [0.15, 0.2) is 5.82 Å². The third-order valence-corrected chi connectivity index (χ3v) is 8.49. The Balaban J connectivity index is 1.18. The van der Waals surface area contributed by atoms with Crippen LogP contribution in [0.15, 0.2) is 24.5 Å².